The Morgan fingerprint density at radius 3 is 2.69 bits per heavy atom. The number of aryl methyl sites for hydroxylation is 1. The van der Waals surface area contributed by atoms with E-state index in [1.165, 1.54) is 0 Å². The van der Waals surface area contributed by atoms with E-state index in [-0.39, 0.29) is 5.97 Å². The molecule has 0 atom stereocenters. The number of hydrogen-bond donors (Lipinski definition) is 1. The molecule has 5 heteroatoms. The van der Waals surface area contributed by atoms with Gasteiger partial charge in [0, 0.05) is 6.42 Å². The molecule has 1 aromatic heterocycles. The largest absolute Gasteiger partial charge is 0.465 e. The number of nitrogens with one attached hydrogen (secondary N) is 1. The van der Waals surface area contributed by atoms with Crippen molar-refractivity contribution in [3.8, 4) is 0 Å². The lowest BCUT2D eigenvalue weighted by molar-refractivity contribution is -0.149. The minimum Gasteiger partial charge on any atom is -0.465 e. The van der Waals surface area contributed by atoms with E-state index in [1.54, 1.807) is 20.8 Å². The predicted octanol–water partition coefficient (Wildman–Crippen LogP) is 1.60. The number of carbonyl (C=O) groups excluding carboxylic acids is 1. The predicted molar refractivity (Wildman–Crippen MR) is 60.0 cm³/mol. The molecule has 0 bridgehead atoms. The van der Waals surface area contributed by atoms with Gasteiger partial charge in [-0.25, -0.2) is 4.98 Å². The molecular weight excluding hydrogens is 206 g/mol. The van der Waals surface area contributed by atoms with Crippen molar-refractivity contribution in [3.63, 3.8) is 0 Å². The lowest BCUT2D eigenvalue weighted by Crippen LogP contribution is -2.32. The SMILES string of the molecule is CCCc1nc(C(C)(C)C(=O)OCC)n[nH]1. The molecule has 0 aliphatic carbocycles. The maximum absolute atomic E-state index is 11.7. The molecule has 0 spiro atoms. The van der Waals surface area contributed by atoms with Crippen LogP contribution in [0.4, 0.5) is 0 Å². The van der Waals surface area contributed by atoms with Crippen LogP contribution in [0.15, 0.2) is 0 Å². The van der Waals surface area contributed by atoms with Crippen molar-refractivity contribution in [2.45, 2.75) is 46.0 Å². The quantitative estimate of drug-likeness (QED) is 0.773. The zero-order valence-electron chi connectivity index (χ0n) is 10.3. The van der Waals surface area contributed by atoms with Crippen LogP contribution in [0.5, 0.6) is 0 Å². The van der Waals surface area contributed by atoms with Crippen molar-refractivity contribution in [3.05, 3.63) is 11.6 Å². The summed E-state index contributed by atoms with van der Waals surface area (Å²) in [6, 6.07) is 0. The lowest BCUT2D eigenvalue weighted by Gasteiger charge is -2.18. The Bertz CT molecular complexity index is 358. The number of esters is 1. The van der Waals surface area contributed by atoms with Crippen molar-refractivity contribution in [2.75, 3.05) is 6.61 Å². The van der Waals surface area contributed by atoms with Gasteiger partial charge in [0.25, 0.3) is 0 Å². The van der Waals surface area contributed by atoms with Crippen LogP contribution in [0.2, 0.25) is 0 Å². The lowest BCUT2D eigenvalue weighted by atomic mass is 9.93. The molecule has 0 aliphatic rings. The Kier molecular flexibility index (Phi) is 4.04. The average Bonchev–Trinajstić information content (AvgIpc) is 2.68. The van der Waals surface area contributed by atoms with E-state index in [1.807, 2.05) is 0 Å². The van der Waals surface area contributed by atoms with Gasteiger partial charge in [0.1, 0.15) is 11.2 Å². The number of carbonyl (C=O) groups is 1. The molecule has 0 radical (unpaired) electrons. The standard InChI is InChI=1S/C11H19N3O2/c1-5-7-8-12-9(14-13-8)11(3,4)10(15)16-6-2/h5-7H2,1-4H3,(H,12,13,14). The van der Waals surface area contributed by atoms with Crippen molar-refractivity contribution < 1.29 is 9.53 Å². The maximum atomic E-state index is 11.7. The van der Waals surface area contributed by atoms with Crippen molar-refractivity contribution in [1.29, 1.82) is 0 Å². The average molecular weight is 225 g/mol. The molecule has 1 heterocycles. The van der Waals surface area contributed by atoms with Crippen LogP contribution in [0.1, 0.15) is 45.8 Å². The zero-order valence-corrected chi connectivity index (χ0v) is 10.3. The second-order valence-corrected chi connectivity index (χ2v) is 4.20. The Morgan fingerprint density at radius 1 is 1.44 bits per heavy atom. The van der Waals surface area contributed by atoms with Crippen LogP contribution in [-0.4, -0.2) is 27.8 Å². The van der Waals surface area contributed by atoms with Gasteiger partial charge in [-0.15, -0.1) is 0 Å². The molecule has 1 aromatic rings. The van der Waals surface area contributed by atoms with Crippen LogP contribution in [-0.2, 0) is 21.4 Å². The first kappa shape index (κ1) is 12.7. The molecule has 0 aliphatic heterocycles. The summed E-state index contributed by atoms with van der Waals surface area (Å²) >= 11 is 0. The highest BCUT2D eigenvalue weighted by molar-refractivity contribution is 5.80. The number of rotatable bonds is 5. The maximum Gasteiger partial charge on any atom is 0.319 e. The molecule has 1 N–H and O–H groups in total. The molecule has 5 nitrogen and oxygen atoms in total. The summed E-state index contributed by atoms with van der Waals surface area (Å²) in [6.45, 7) is 7.76. The number of aromatic amines is 1. The van der Waals surface area contributed by atoms with E-state index < -0.39 is 5.41 Å². The Hall–Kier alpha value is -1.39. The molecule has 16 heavy (non-hydrogen) atoms. The minimum absolute atomic E-state index is 0.294. The van der Waals surface area contributed by atoms with Gasteiger partial charge >= 0.3 is 5.97 Å². The second kappa shape index (κ2) is 5.09. The van der Waals surface area contributed by atoms with Crippen molar-refractivity contribution >= 4 is 5.97 Å². The Morgan fingerprint density at radius 2 is 2.12 bits per heavy atom. The molecular formula is C11H19N3O2. The fraction of sp³-hybridized carbons (Fsp3) is 0.727. The number of H-pyrrole nitrogens is 1. The molecule has 90 valence electrons. The summed E-state index contributed by atoms with van der Waals surface area (Å²) in [5.41, 5.74) is -0.793. The van der Waals surface area contributed by atoms with Crippen LogP contribution in [0, 0.1) is 0 Å². The minimum atomic E-state index is -0.793. The molecule has 0 fully saturated rings. The third-order valence-corrected chi connectivity index (χ3v) is 2.36. The highest BCUT2D eigenvalue weighted by Crippen LogP contribution is 2.21. The van der Waals surface area contributed by atoms with Crippen molar-refractivity contribution in [2.24, 2.45) is 0 Å². The van der Waals surface area contributed by atoms with Crippen LogP contribution < -0.4 is 0 Å². The van der Waals surface area contributed by atoms with E-state index in [9.17, 15) is 4.79 Å². The van der Waals surface area contributed by atoms with Crippen molar-refractivity contribution in [1.82, 2.24) is 15.2 Å². The van der Waals surface area contributed by atoms with Gasteiger partial charge in [-0.3, -0.25) is 9.89 Å². The number of ether oxygens (including phenoxy) is 1. The van der Waals surface area contributed by atoms with E-state index >= 15 is 0 Å². The van der Waals surface area contributed by atoms with Crippen LogP contribution >= 0.6 is 0 Å². The van der Waals surface area contributed by atoms with Gasteiger partial charge in [0.15, 0.2) is 5.82 Å². The van der Waals surface area contributed by atoms with Crippen LogP contribution in [0.3, 0.4) is 0 Å². The first-order chi connectivity index (χ1) is 7.52. The van der Waals surface area contributed by atoms with Crippen LogP contribution in [0.25, 0.3) is 0 Å². The molecule has 0 aromatic carbocycles. The highest BCUT2D eigenvalue weighted by Gasteiger charge is 2.35. The Labute approximate surface area is 95.6 Å². The smallest absolute Gasteiger partial charge is 0.319 e. The molecule has 0 amide bonds. The summed E-state index contributed by atoms with van der Waals surface area (Å²) in [5.74, 6) is 1.02. The van der Waals surface area contributed by atoms with E-state index in [0.717, 1.165) is 18.7 Å². The number of nitrogens with zero attached hydrogens (tertiary/aromatic N) is 2. The van der Waals surface area contributed by atoms with E-state index in [4.69, 9.17) is 4.74 Å². The topological polar surface area (TPSA) is 67.9 Å². The summed E-state index contributed by atoms with van der Waals surface area (Å²) < 4.78 is 5.00. The number of hydrogen-bond acceptors (Lipinski definition) is 4. The summed E-state index contributed by atoms with van der Waals surface area (Å²) in [5, 5.41) is 6.91. The van der Waals surface area contributed by atoms with Gasteiger partial charge in [0.2, 0.25) is 0 Å². The van der Waals surface area contributed by atoms with E-state index in [2.05, 4.69) is 22.1 Å². The third-order valence-electron chi connectivity index (χ3n) is 2.36. The fourth-order valence-corrected chi connectivity index (χ4v) is 1.33. The van der Waals surface area contributed by atoms with Gasteiger partial charge in [0.05, 0.1) is 6.61 Å². The molecule has 0 saturated carbocycles. The van der Waals surface area contributed by atoms with E-state index in [0.29, 0.717) is 12.4 Å². The Balaban J connectivity index is 2.84. The first-order valence-corrected chi connectivity index (χ1v) is 5.61. The normalized spacial score (nSPS) is 11.5. The highest BCUT2D eigenvalue weighted by atomic mass is 16.5. The molecule has 1 rings (SSSR count). The van der Waals surface area contributed by atoms with Gasteiger partial charge in [-0.1, -0.05) is 6.92 Å². The summed E-state index contributed by atoms with van der Waals surface area (Å²) in [7, 11) is 0. The first-order valence-electron chi connectivity index (χ1n) is 5.61. The third kappa shape index (κ3) is 2.59. The summed E-state index contributed by atoms with van der Waals surface area (Å²) in [4.78, 5) is 16.0. The summed E-state index contributed by atoms with van der Waals surface area (Å²) in [6.07, 6.45) is 1.83. The molecule has 0 unspecified atom stereocenters. The fourth-order valence-electron chi connectivity index (χ4n) is 1.33. The van der Waals surface area contributed by atoms with Gasteiger partial charge < -0.3 is 4.74 Å². The van der Waals surface area contributed by atoms with Gasteiger partial charge in [-0.05, 0) is 27.2 Å². The number of aromatic nitrogens is 3. The second-order valence-electron chi connectivity index (χ2n) is 4.20. The van der Waals surface area contributed by atoms with Gasteiger partial charge in [-0.2, -0.15) is 5.10 Å². The molecule has 0 saturated heterocycles. The monoisotopic (exact) mass is 225 g/mol. The zero-order chi connectivity index (χ0) is 12.2.